The van der Waals surface area contributed by atoms with Crippen LogP contribution in [0.1, 0.15) is 6.92 Å². The summed E-state index contributed by atoms with van der Waals surface area (Å²) in [6, 6.07) is 6.84. The summed E-state index contributed by atoms with van der Waals surface area (Å²) in [5.74, 6) is 0.509. The molecule has 0 spiro atoms. The fraction of sp³-hybridized carbons (Fsp3) is 0.538. The van der Waals surface area contributed by atoms with Gasteiger partial charge in [-0.3, -0.25) is 0 Å². The van der Waals surface area contributed by atoms with E-state index in [4.69, 9.17) is 0 Å². The van der Waals surface area contributed by atoms with Crippen LogP contribution in [0.15, 0.2) is 29.2 Å². The lowest BCUT2D eigenvalue weighted by Crippen LogP contribution is -2.23. The van der Waals surface area contributed by atoms with Crippen LogP contribution >= 0.6 is 0 Å². The third-order valence-electron chi connectivity index (χ3n) is 2.84. The SMILES string of the molecule is CNCC(C)CNc1ccc(S(=O)(=O)N(C)C)cc1. The first-order chi connectivity index (χ1) is 8.87. The summed E-state index contributed by atoms with van der Waals surface area (Å²) in [5, 5.41) is 6.41. The number of rotatable bonds is 7. The Morgan fingerprint density at radius 1 is 1.16 bits per heavy atom. The van der Waals surface area contributed by atoms with Gasteiger partial charge in [-0.1, -0.05) is 6.92 Å². The summed E-state index contributed by atoms with van der Waals surface area (Å²) in [5.41, 5.74) is 0.931. The minimum atomic E-state index is -3.34. The molecule has 0 aliphatic heterocycles. The molecule has 0 amide bonds. The van der Waals surface area contributed by atoms with Gasteiger partial charge in [0.05, 0.1) is 4.90 Å². The summed E-state index contributed by atoms with van der Waals surface area (Å²) in [6.07, 6.45) is 0. The second-order valence-corrected chi connectivity index (χ2v) is 7.01. The first-order valence-electron chi connectivity index (χ1n) is 6.29. The van der Waals surface area contributed by atoms with Crippen molar-refractivity contribution in [2.45, 2.75) is 11.8 Å². The van der Waals surface area contributed by atoms with Crippen LogP contribution in [0, 0.1) is 5.92 Å². The molecule has 1 aromatic carbocycles. The average Bonchev–Trinajstić information content (AvgIpc) is 2.37. The first kappa shape index (κ1) is 15.9. The molecule has 0 aromatic heterocycles. The number of nitrogens with zero attached hydrogens (tertiary/aromatic N) is 1. The van der Waals surface area contributed by atoms with Crippen molar-refractivity contribution in [2.24, 2.45) is 5.92 Å². The molecule has 1 atom stereocenters. The Balaban J connectivity index is 2.67. The van der Waals surface area contributed by atoms with Gasteiger partial charge in [0.15, 0.2) is 0 Å². The maximum absolute atomic E-state index is 11.9. The lowest BCUT2D eigenvalue weighted by Gasteiger charge is -2.14. The molecular formula is C13H23N3O2S. The third kappa shape index (κ3) is 4.49. The Morgan fingerprint density at radius 3 is 2.21 bits per heavy atom. The number of sulfonamides is 1. The van der Waals surface area contributed by atoms with Crippen molar-refractivity contribution in [2.75, 3.05) is 39.5 Å². The van der Waals surface area contributed by atoms with Crippen molar-refractivity contribution < 1.29 is 8.42 Å². The summed E-state index contributed by atoms with van der Waals surface area (Å²) in [4.78, 5) is 0.311. The molecule has 2 N–H and O–H groups in total. The van der Waals surface area contributed by atoms with E-state index in [0.717, 1.165) is 18.8 Å². The highest BCUT2D eigenvalue weighted by Crippen LogP contribution is 2.16. The van der Waals surface area contributed by atoms with Gasteiger partial charge in [-0.15, -0.1) is 0 Å². The monoisotopic (exact) mass is 285 g/mol. The Kier molecular flexibility index (Phi) is 5.78. The van der Waals surface area contributed by atoms with Crippen LogP contribution in [0.25, 0.3) is 0 Å². The standard InChI is InChI=1S/C13H23N3O2S/c1-11(9-14-2)10-15-12-5-7-13(8-6-12)19(17,18)16(3)4/h5-8,11,14-15H,9-10H2,1-4H3. The lowest BCUT2D eigenvalue weighted by molar-refractivity contribution is 0.521. The van der Waals surface area contributed by atoms with Gasteiger partial charge in [0.1, 0.15) is 0 Å². The molecule has 5 nitrogen and oxygen atoms in total. The van der Waals surface area contributed by atoms with Crippen molar-refractivity contribution in [3.63, 3.8) is 0 Å². The molecule has 0 heterocycles. The Hall–Kier alpha value is -1.11. The summed E-state index contributed by atoms with van der Waals surface area (Å²) >= 11 is 0. The Bertz CT molecular complexity index is 483. The van der Waals surface area contributed by atoms with Crippen LogP contribution in [-0.2, 0) is 10.0 Å². The van der Waals surface area contributed by atoms with Crippen LogP contribution < -0.4 is 10.6 Å². The van der Waals surface area contributed by atoms with Crippen molar-refractivity contribution in [1.82, 2.24) is 9.62 Å². The highest BCUT2D eigenvalue weighted by Gasteiger charge is 2.16. The zero-order chi connectivity index (χ0) is 14.5. The van der Waals surface area contributed by atoms with Gasteiger partial charge in [0.25, 0.3) is 0 Å². The highest BCUT2D eigenvalue weighted by molar-refractivity contribution is 7.89. The molecule has 0 saturated heterocycles. The van der Waals surface area contributed by atoms with Crippen molar-refractivity contribution >= 4 is 15.7 Å². The molecule has 1 unspecified atom stereocenters. The Labute approximate surface area is 116 Å². The van der Waals surface area contributed by atoms with Crippen LogP contribution in [0.5, 0.6) is 0 Å². The number of hydrogen-bond acceptors (Lipinski definition) is 4. The smallest absolute Gasteiger partial charge is 0.242 e. The van der Waals surface area contributed by atoms with E-state index < -0.39 is 10.0 Å². The van der Waals surface area contributed by atoms with E-state index in [0.29, 0.717) is 10.8 Å². The lowest BCUT2D eigenvalue weighted by atomic mass is 10.2. The van der Waals surface area contributed by atoms with Crippen molar-refractivity contribution in [1.29, 1.82) is 0 Å². The van der Waals surface area contributed by atoms with Crippen molar-refractivity contribution in [3.8, 4) is 0 Å². The van der Waals surface area contributed by atoms with Gasteiger partial charge in [0, 0.05) is 26.3 Å². The number of benzene rings is 1. The summed E-state index contributed by atoms with van der Waals surface area (Å²) in [6.45, 7) is 3.94. The molecule has 0 fully saturated rings. The van der Waals surface area contributed by atoms with E-state index >= 15 is 0 Å². The summed E-state index contributed by atoms with van der Waals surface area (Å²) < 4.78 is 25.0. The summed E-state index contributed by atoms with van der Waals surface area (Å²) in [7, 11) is 1.65. The Morgan fingerprint density at radius 2 is 1.74 bits per heavy atom. The van der Waals surface area contributed by atoms with Gasteiger partial charge < -0.3 is 10.6 Å². The normalized spacial score (nSPS) is 13.5. The van der Waals surface area contributed by atoms with Crippen LogP contribution in [-0.4, -0.2) is 47.0 Å². The largest absolute Gasteiger partial charge is 0.385 e. The minimum Gasteiger partial charge on any atom is -0.385 e. The average molecular weight is 285 g/mol. The van der Waals surface area contributed by atoms with Crippen molar-refractivity contribution in [3.05, 3.63) is 24.3 Å². The third-order valence-corrected chi connectivity index (χ3v) is 4.67. The predicted octanol–water partition coefficient (Wildman–Crippen LogP) is 1.20. The second kappa shape index (κ2) is 6.88. The van der Waals surface area contributed by atoms with E-state index in [1.165, 1.54) is 18.4 Å². The molecular weight excluding hydrogens is 262 g/mol. The zero-order valence-electron chi connectivity index (χ0n) is 12.0. The van der Waals surface area contributed by atoms with Gasteiger partial charge in [-0.05, 0) is 43.8 Å². The molecule has 0 aliphatic carbocycles. The number of anilines is 1. The van der Waals surface area contributed by atoms with Gasteiger partial charge in [0.2, 0.25) is 10.0 Å². The topological polar surface area (TPSA) is 61.4 Å². The van der Waals surface area contributed by atoms with E-state index in [9.17, 15) is 8.42 Å². The molecule has 0 aliphatic rings. The van der Waals surface area contributed by atoms with E-state index in [-0.39, 0.29) is 0 Å². The molecule has 1 rings (SSSR count). The maximum atomic E-state index is 11.9. The second-order valence-electron chi connectivity index (χ2n) is 4.86. The molecule has 0 saturated carbocycles. The fourth-order valence-corrected chi connectivity index (χ4v) is 2.57. The molecule has 0 bridgehead atoms. The minimum absolute atomic E-state index is 0.311. The van der Waals surface area contributed by atoms with Gasteiger partial charge in [-0.25, -0.2) is 12.7 Å². The molecule has 0 radical (unpaired) electrons. The fourth-order valence-electron chi connectivity index (χ4n) is 1.67. The van der Waals surface area contributed by atoms with Gasteiger partial charge in [-0.2, -0.15) is 0 Å². The van der Waals surface area contributed by atoms with E-state index in [1.54, 1.807) is 24.3 Å². The quantitative estimate of drug-likeness (QED) is 0.790. The molecule has 6 heteroatoms. The van der Waals surface area contributed by atoms with Gasteiger partial charge >= 0.3 is 0 Å². The first-order valence-corrected chi connectivity index (χ1v) is 7.73. The number of nitrogens with one attached hydrogen (secondary N) is 2. The van der Waals surface area contributed by atoms with Crippen LogP contribution in [0.3, 0.4) is 0 Å². The molecule has 19 heavy (non-hydrogen) atoms. The van der Waals surface area contributed by atoms with Crippen LogP contribution in [0.2, 0.25) is 0 Å². The van der Waals surface area contributed by atoms with Crippen LogP contribution in [0.4, 0.5) is 5.69 Å². The zero-order valence-corrected chi connectivity index (χ0v) is 12.8. The van der Waals surface area contributed by atoms with E-state index in [1.807, 2.05) is 7.05 Å². The molecule has 108 valence electrons. The highest BCUT2D eigenvalue weighted by atomic mass is 32.2. The maximum Gasteiger partial charge on any atom is 0.242 e. The molecule has 1 aromatic rings. The van der Waals surface area contributed by atoms with E-state index in [2.05, 4.69) is 17.6 Å². The number of hydrogen-bond donors (Lipinski definition) is 2. The predicted molar refractivity (Wildman–Crippen MR) is 78.9 cm³/mol.